The Bertz CT molecular complexity index is 957. The maximum atomic E-state index is 11.3. The zero-order valence-electron chi connectivity index (χ0n) is 26.0. The first-order valence-electron chi connectivity index (χ1n) is 15.9. The first-order chi connectivity index (χ1) is 19.8. The Morgan fingerprint density at radius 1 is 0.805 bits per heavy atom. The fourth-order valence-corrected chi connectivity index (χ4v) is 11.3. The van der Waals surface area contributed by atoms with Gasteiger partial charge in [-0.1, -0.05) is 193 Å². The molecule has 7 heteroatoms. The summed E-state index contributed by atoms with van der Waals surface area (Å²) in [6, 6.07) is 20.3. The van der Waals surface area contributed by atoms with Crippen LogP contribution in [0.25, 0.3) is 10.4 Å². The predicted molar refractivity (Wildman–Crippen MR) is 186 cm³/mol. The van der Waals surface area contributed by atoms with Crippen LogP contribution in [0, 0.1) is 0 Å². The molecule has 0 spiro atoms. The molecule has 2 aromatic rings. The van der Waals surface area contributed by atoms with Crippen molar-refractivity contribution in [1.82, 2.24) is 0 Å². The molecule has 1 N–H and O–H groups in total. The molecule has 0 aliphatic rings. The number of hydrogen-bond acceptors (Lipinski definition) is 3. The standard InChI is InChI=1S/C34H54IN3O2Si/c1-5-6-7-8-9-10-11-12-13-14-15-22-27-31(35)33(39)32(37-38-36)28-40-41(34(2,3)4,29-23-18-16-19-24-29)30-25-20-17-21-26-30/h16-21,23-26,31-33,39H,5-15,22,27-28H2,1-4H3/t31-,32-,33+/m0/s1. The van der Waals surface area contributed by atoms with Crippen LogP contribution in [-0.2, 0) is 4.43 Å². The molecule has 0 aliphatic carbocycles. The molecule has 0 heterocycles. The summed E-state index contributed by atoms with van der Waals surface area (Å²) in [6.07, 6.45) is 15.9. The van der Waals surface area contributed by atoms with Gasteiger partial charge in [0.05, 0.1) is 12.1 Å². The summed E-state index contributed by atoms with van der Waals surface area (Å²) < 4.78 is 6.99. The zero-order chi connectivity index (χ0) is 30.0. The number of hydrogen-bond donors (Lipinski definition) is 1. The highest BCUT2D eigenvalue weighted by molar-refractivity contribution is 14.1. The number of benzene rings is 2. The van der Waals surface area contributed by atoms with Crippen molar-refractivity contribution in [2.75, 3.05) is 6.61 Å². The molecule has 41 heavy (non-hydrogen) atoms. The topological polar surface area (TPSA) is 78.2 Å². The van der Waals surface area contributed by atoms with Gasteiger partial charge in [-0.05, 0) is 27.4 Å². The maximum absolute atomic E-state index is 11.3. The average Bonchev–Trinajstić information content (AvgIpc) is 2.97. The lowest BCUT2D eigenvalue weighted by Crippen LogP contribution is -2.67. The highest BCUT2D eigenvalue weighted by Gasteiger charge is 2.50. The molecule has 0 bridgehead atoms. The maximum Gasteiger partial charge on any atom is 0.261 e. The molecule has 2 aromatic carbocycles. The van der Waals surface area contributed by atoms with Crippen LogP contribution >= 0.6 is 22.6 Å². The van der Waals surface area contributed by atoms with E-state index in [-0.39, 0.29) is 15.6 Å². The molecule has 0 aromatic heterocycles. The van der Waals surface area contributed by atoms with Crippen molar-refractivity contribution in [1.29, 1.82) is 0 Å². The summed E-state index contributed by atoms with van der Waals surface area (Å²) in [4.78, 5) is 3.11. The Morgan fingerprint density at radius 3 is 1.66 bits per heavy atom. The molecule has 0 fully saturated rings. The van der Waals surface area contributed by atoms with Crippen LogP contribution in [0.1, 0.15) is 111 Å². The highest BCUT2D eigenvalue weighted by atomic mass is 127. The summed E-state index contributed by atoms with van der Waals surface area (Å²) in [6.45, 7) is 9.15. The Labute approximate surface area is 264 Å². The third-order valence-corrected chi connectivity index (χ3v) is 14.6. The molecule has 0 aliphatic heterocycles. The third-order valence-electron chi connectivity index (χ3n) is 8.19. The van der Waals surface area contributed by atoms with Crippen LogP contribution in [0.15, 0.2) is 65.8 Å². The van der Waals surface area contributed by atoms with Crippen LogP contribution in [0.2, 0.25) is 5.04 Å². The first-order valence-corrected chi connectivity index (χ1v) is 19.0. The van der Waals surface area contributed by atoms with E-state index >= 15 is 0 Å². The van der Waals surface area contributed by atoms with Gasteiger partial charge < -0.3 is 9.53 Å². The second-order valence-corrected chi connectivity index (χ2v) is 18.3. The second-order valence-electron chi connectivity index (χ2n) is 12.4. The lowest BCUT2D eigenvalue weighted by molar-refractivity contribution is 0.111. The molecule has 0 radical (unpaired) electrons. The van der Waals surface area contributed by atoms with E-state index in [1.165, 1.54) is 81.0 Å². The van der Waals surface area contributed by atoms with E-state index in [4.69, 9.17) is 4.43 Å². The molecule has 5 nitrogen and oxygen atoms in total. The number of unbranched alkanes of at least 4 members (excludes halogenated alkanes) is 11. The second kappa shape index (κ2) is 19.7. The molecule has 0 saturated carbocycles. The number of alkyl halides is 1. The van der Waals surface area contributed by atoms with Crippen molar-refractivity contribution < 1.29 is 9.53 Å². The quantitative estimate of drug-likeness (QED) is 0.0269. The Hall–Kier alpha value is -1.38. The van der Waals surface area contributed by atoms with E-state index in [0.717, 1.165) is 12.8 Å². The molecular weight excluding hydrogens is 637 g/mol. The highest BCUT2D eigenvalue weighted by Crippen LogP contribution is 2.37. The number of aliphatic hydroxyl groups excluding tert-OH is 1. The van der Waals surface area contributed by atoms with Gasteiger partial charge in [-0.2, -0.15) is 0 Å². The molecule has 3 atom stereocenters. The van der Waals surface area contributed by atoms with Gasteiger partial charge in [-0.3, -0.25) is 0 Å². The first kappa shape index (κ1) is 35.8. The van der Waals surface area contributed by atoms with Crippen LogP contribution < -0.4 is 10.4 Å². The van der Waals surface area contributed by atoms with Crippen LogP contribution in [-0.4, -0.2) is 36.1 Å². The third kappa shape index (κ3) is 11.7. The summed E-state index contributed by atoms with van der Waals surface area (Å²) in [5, 5.41) is 17.5. The predicted octanol–water partition coefficient (Wildman–Crippen LogP) is 9.50. The van der Waals surface area contributed by atoms with E-state index in [2.05, 4.69) is 109 Å². The monoisotopic (exact) mass is 691 g/mol. The van der Waals surface area contributed by atoms with Crippen LogP contribution in [0.4, 0.5) is 0 Å². The van der Waals surface area contributed by atoms with Crippen LogP contribution in [0.5, 0.6) is 0 Å². The van der Waals surface area contributed by atoms with E-state index in [9.17, 15) is 10.6 Å². The summed E-state index contributed by atoms with van der Waals surface area (Å²) in [5.74, 6) is 0. The minimum absolute atomic E-state index is 0.00831. The Balaban J connectivity index is 1.94. The largest absolute Gasteiger partial charge is 0.407 e. The zero-order valence-corrected chi connectivity index (χ0v) is 29.1. The van der Waals surface area contributed by atoms with Crippen LogP contribution in [0.3, 0.4) is 0 Å². The smallest absolute Gasteiger partial charge is 0.261 e. The lowest BCUT2D eigenvalue weighted by atomic mass is 10.0. The Kier molecular flexibility index (Phi) is 17.2. The Morgan fingerprint density at radius 2 is 1.24 bits per heavy atom. The number of aliphatic hydroxyl groups is 1. The van der Waals surface area contributed by atoms with Gasteiger partial charge in [0.15, 0.2) is 0 Å². The van der Waals surface area contributed by atoms with Gasteiger partial charge in [0, 0.05) is 15.4 Å². The normalized spacial score (nSPS) is 14.3. The number of rotatable bonds is 21. The molecule has 0 unspecified atom stereocenters. The average molecular weight is 692 g/mol. The van der Waals surface area contributed by atoms with Gasteiger partial charge in [0.25, 0.3) is 8.32 Å². The van der Waals surface area contributed by atoms with E-state index in [1.54, 1.807) is 0 Å². The summed E-state index contributed by atoms with van der Waals surface area (Å²) >= 11 is 2.34. The summed E-state index contributed by atoms with van der Waals surface area (Å²) in [5.41, 5.74) is 9.38. The van der Waals surface area contributed by atoms with Crippen molar-refractivity contribution in [2.24, 2.45) is 5.11 Å². The number of nitrogens with zero attached hydrogens (tertiary/aromatic N) is 3. The molecular formula is C34H54IN3O2Si. The minimum Gasteiger partial charge on any atom is -0.407 e. The van der Waals surface area contributed by atoms with Gasteiger partial charge in [-0.15, -0.1) is 0 Å². The van der Waals surface area contributed by atoms with Gasteiger partial charge >= 0.3 is 0 Å². The fourth-order valence-electron chi connectivity index (χ4n) is 5.83. The van der Waals surface area contributed by atoms with E-state index in [1.807, 2.05) is 12.1 Å². The minimum atomic E-state index is -2.78. The number of azide groups is 1. The van der Waals surface area contributed by atoms with Gasteiger partial charge in [0.2, 0.25) is 0 Å². The van der Waals surface area contributed by atoms with Crippen molar-refractivity contribution in [3.8, 4) is 0 Å². The molecule has 0 saturated heterocycles. The van der Waals surface area contributed by atoms with E-state index in [0.29, 0.717) is 0 Å². The fraction of sp³-hybridized carbons (Fsp3) is 0.647. The SMILES string of the molecule is CCCCCCCCCCCCCC[C@H](I)[C@@H](O)[C@H](CO[Si](c1ccccc1)(c1ccccc1)C(C)(C)C)N=[N+]=[N-]. The van der Waals surface area contributed by atoms with Crippen molar-refractivity contribution in [3.63, 3.8) is 0 Å². The molecule has 228 valence electrons. The molecule has 0 amide bonds. The van der Waals surface area contributed by atoms with Gasteiger partial charge in [-0.25, -0.2) is 0 Å². The lowest BCUT2D eigenvalue weighted by Gasteiger charge is -2.43. The van der Waals surface area contributed by atoms with Gasteiger partial charge in [0.1, 0.15) is 0 Å². The van der Waals surface area contributed by atoms with Crippen molar-refractivity contribution in [3.05, 3.63) is 71.1 Å². The van der Waals surface area contributed by atoms with E-state index < -0.39 is 20.5 Å². The molecule has 2 rings (SSSR count). The van der Waals surface area contributed by atoms with Crippen molar-refractivity contribution >= 4 is 41.3 Å². The number of halogens is 1. The van der Waals surface area contributed by atoms with Crippen molar-refractivity contribution in [2.45, 2.75) is 132 Å². The summed E-state index contributed by atoms with van der Waals surface area (Å²) in [7, 11) is -2.78.